The van der Waals surface area contributed by atoms with Gasteiger partial charge in [-0.2, -0.15) is 0 Å². The summed E-state index contributed by atoms with van der Waals surface area (Å²) in [6.45, 7) is 1.84. The van der Waals surface area contributed by atoms with Crippen LogP contribution in [0.3, 0.4) is 0 Å². The van der Waals surface area contributed by atoms with Gasteiger partial charge >= 0.3 is 0 Å². The SMILES string of the molecule is CN(CCc1ccccn1)c1nc(CNC2CC2)cs1. The van der Waals surface area contributed by atoms with Gasteiger partial charge in [0.2, 0.25) is 0 Å². The zero-order valence-corrected chi connectivity index (χ0v) is 12.6. The van der Waals surface area contributed by atoms with Crippen LogP contribution in [0.2, 0.25) is 0 Å². The molecule has 1 N–H and O–H groups in total. The number of aromatic nitrogens is 2. The van der Waals surface area contributed by atoms with Crippen LogP contribution in [0.25, 0.3) is 0 Å². The van der Waals surface area contributed by atoms with Crippen molar-refractivity contribution in [2.45, 2.75) is 31.8 Å². The van der Waals surface area contributed by atoms with Crippen LogP contribution in [0.1, 0.15) is 24.2 Å². The lowest BCUT2D eigenvalue weighted by Gasteiger charge is -2.15. The fraction of sp³-hybridized carbons (Fsp3) is 0.467. The minimum absolute atomic E-state index is 0.738. The summed E-state index contributed by atoms with van der Waals surface area (Å²) < 4.78 is 0. The number of thiazole rings is 1. The van der Waals surface area contributed by atoms with Gasteiger partial charge in [-0.05, 0) is 25.0 Å². The molecule has 0 amide bonds. The third-order valence-corrected chi connectivity index (χ3v) is 4.45. The predicted molar refractivity (Wildman–Crippen MR) is 83.2 cm³/mol. The highest BCUT2D eigenvalue weighted by Gasteiger charge is 2.20. The highest BCUT2D eigenvalue weighted by Crippen LogP contribution is 2.22. The number of rotatable bonds is 7. The summed E-state index contributed by atoms with van der Waals surface area (Å²) in [7, 11) is 2.10. The van der Waals surface area contributed by atoms with Gasteiger partial charge in [-0.15, -0.1) is 11.3 Å². The summed E-state index contributed by atoms with van der Waals surface area (Å²) >= 11 is 1.72. The van der Waals surface area contributed by atoms with Crippen molar-refractivity contribution >= 4 is 16.5 Å². The molecule has 0 unspecified atom stereocenters. The van der Waals surface area contributed by atoms with E-state index in [2.05, 4.69) is 38.7 Å². The summed E-state index contributed by atoms with van der Waals surface area (Å²) in [6, 6.07) is 6.79. The summed E-state index contributed by atoms with van der Waals surface area (Å²) in [5, 5.41) is 6.74. The second-order valence-electron chi connectivity index (χ2n) is 5.27. The highest BCUT2D eigenvalue weighted by atomic mass is 32.1. The molecule has 20 heavy (non-hydrogen) atoms. The Hall–Kier alpha value is -1.46. The Morgan fingerprint density at radius 1 is 1.35 bits per heavy atom. The number of anilines is 1. The first-order valence-electron chi connectivity index (χ1n) is 7.10. The van der Waals surface area contributed by atoms with Crippen LogP contribution in [0.15, 0.2) is 29.8 Å². The van der Waals surface area contributed by atoms with E-state index >= 15 is 0 Å². The third kappa shape index (κ3) is 3.77. The Kier molecular flexibility index (Phi) is 4.28. The van der Waals surface area contributed by atoms with Crippen molar-refractivity contribution in [3.63, 3.8) is 0 Å². The van der Waals surface area contributed by atoms with E-state index in [1.165, 1.54) is 12.8 Å². The lowest BCUT2D eigenvalue weighted by Crippen LogP contribution is -2.21. The number of nitrogens with one attached hydrogen (secondary N) is 1. The molecule has 5 heteroatoms. The van der Waals surface area contributed by atoms with Crippen LogP contribution in [-0.4, -0.2) is 29.6 Å². The van der Waals surface area contributed by atoms with E-state index in [9.17, 15) is 0 Å². The van der Waals surface area contributed by atoms with Gasteiger partial charge < -0.3 is 10.2 Å². The normalized spacial score (nSPS) is 14.4. The van der Waals surface area contributed by atoms with Crippen LogP contribution in [0.5, 0.6) is 0 Å². The van der Waals surface area contributed by atoms with Gasteiger partial charge in [0, 0.05) is 49.9 Å². The van der Waals surface area contributed by atoms with E-state index in [4.69, 9.17) is 0 Å². The van der Waals surface area contributed by atoms with Crippen LogP contribution >= 0.6 is 11.3 Å². The molecule has 0 spiro atoms. The maximum Gasteiger partial charge on any atom is 0.185 e. The maximum absolute atomic E-state index is 4.68. The fourth-order valence-corrected chi connectivity index (χ4v) is 2.83. The maximum atomic E-state index is 4.68. The molecule has 0 atom stereocenters. The third-order valence-electron chi connectivity index (χ3n) is 3.44. The van der Waals surface area contributed by atoms with E-state index in [-0.39, 0.29) is 0 Å². The standard InChI is InChI=1S/C15H20N4S/c1-19(9-7-12-4-2-3-8-16-12)15-18-14(11-20-15)10-17-13-5-6-13/h2-4,8,11,13,17H,5-7,9-10H2,1H3. The molecule has 1 aliphatic carbocycles. The van der Waals surface area contributed by atoms with E-state index in [0.29, 0.717) is 0 Å². The van der Waals surface area contributed by atoms with Crippen molar-refractivity contribution < 1.29 is 0 Å². The topological polar surface area (TPSA) is 41.1 Å². The average Bonchev–Trinajstić information content (AvgIpc) is 3.20. The molecule has 0 aromatic carbocycles. The molecule has 2 heterocycles. The van der Waals surface area contributed by atoms with Crippen molar-refractivity contribution in [2.24, 2.45) is 0 Å². The average molecular weight is 288 g/mol. The first kappa shape index (κ1) is 13.5. The van der Waals surface area contributed by atoms with Gasteiger partial charge in [0.1, 0.15) is 0 Å². The Bertz CT molecular complexity index is 536. The molecule has 106 valence electrons. The molecule has 0 aliphatic heterocycles. The molecule has 1 aliphatic rings. The Labute approximate surface area is 123 Å². The van der Waals surface area contributed by atoms with E-state index < -0.39 is 0 Å². The summed E-state index contributed by atoms with van der Waals surface area (Å²) in [4.78, 5) is 11.2. The second kappa shape index (κ2) is 6.33. The van der Waals surface area contributed by atoms with E-state index in [1.807, 2.05) is 18.3 Å². The molecule has 2 aromatic heterocycles. The molecule has 1 fully saturated rings. The molecule has 0 radical (unpaired) electrons. The molecular formula is C15H20N4S. The molecule has 2 aromatic rings. The number of hydrogen-bond donors (Lipinski definition) is 1. The Balaban J connectivity index is 1.49. The van der Waals surface area contributed by atoms with Crippen LogP contribution in [-0.2, 0) is 13.0 Å². The lowest BCUT2D eigenvalue weighted by atomic mass is 10.2. The van der Waals surface area contributed by atoms with E-state index in [0.717, 1.165) is 42.1 Å². The van der Waals surface area contributed by atoms with Crippen LogP contribution < -0.4 is 10.2 Å². The summed E-state index contributed by atoms with van der Waals surface area (Å²) in [5.74, 6) is 0. The van der Waals surface area contributed by atoms with Gasteiger partial charge in [0.05, 0.1) is 5.69 Å². The van der Waals surface area contributed by atoms with Crippen LogP contribution in [0, 0.1) is 0 Å². The van der Waals surface area contributed by atoms with Gasteiger partial charge in [0.25, 0.3) is 0 Å². The van der Waals surface area contributed by atoms with Gasteiger partial charge in [-0.25, -0.2) is 4.98 Å². The number of hydrogen-bond acceptors (Lipinski definition) is 5. The minimum Gasteiger partial charge on any atom is -0.351 e. The molecule has 0 bridgehead atoms. The number of likely N-dealkylation sites (N-methyl/N-ethyl adjacent to an activating group) is 1. The van der Waals surface area contributed by atoms with Crippen LogP contribution in [0.4, 0.5) is 5.13 Å². The van der Waals surface area contributed by atoms with Gasteiger partial charge in [-0.3, -0.25) is 4.98 Å². The predicted octanol–water partition coefficient (Wildman–Crippen LogP) is 2.47. The van der Waals surface area contributed by atoms with Crippen molar-refractivity contribution in [1.29, 1.82) is 0 Å². The largest absolute Gasteiger partial charge is 0.351 e. The van der Waals surface area contributed by atoms with Crippen molar-refractivity contribution in [2.75, 3.05) is 18.5 Å². The van der Waals surface area contributed by atoms with Gasteiger partial charge in [0.15, 0.2) is 5.13 Å². The Morgan fingerprint density at radius 2 is 2.25 bits per heavy atom. The quantitative estimate of drug-likeness (QED) is 0.850. The fourth-order valence-electron chi connectivity index (χ4n) is 2.01. The summed E-state index contributed by atoms with van der Waals surface area (Å²) in [6.07, 6.45) is 5.44. The van der Waals surface area contributed by atoms with E-state index in [1.54, 1.807) is 11.3 Å². The molecule has 3 rings (SSSR count). The lowest BCUT2D eigenvalue weighted by molar-refractivity contribution is 0.676. The Morgan fingerprint density at radius 3 is 3.00 bits per heavy atom. The van der Waals surface area contributed by atoms with Crippen molar-refractivity contribution in [3.8, 4) is 0 Å². The second-order valence-corrected chi connectivity index (χ2v) is 6.11. The smallest absolute Gasteiger partial charge is 0.185 e. The molecule has 4 nitrogen and oxygen atoms in total. The van der Waals surface area contributed by atoms with Crippen molar-refractivity contribution in [1.82, 2.24) is 15.3 Å². The molecule has 0 saturated heterocycles. The zero-order chi connectivity index (χ0) is 13.8. The summed E-state index contributed by atoms with van der Waals surface area (Å²) in [5.41, 5.74) is 2.29. The number of pyridine rings is 1. The van der Waals surface area contributed by atoms with Gasteiger partial charge in [-0.1, -0.05) is 6.07 Å². The zero-order valence-electron chi connectivity index (χ0n) is 11.7. The number of nitrogens with zero attached hydrogens (tertiary/aromatic N) is 3. The first-order valence-corrected chi connectivity index (χ1v) is 7.98. The monoisotopic (exact) mass is 288 g/mol. The molecular weight excluding hydrogens is 268 g/mol. The van der Waals surface area contributed by atoms with Crippen molar-refractivity contribution in [3.05, 3.63) is 41.2 Å². The highest BCUT2D eigenvalue weighted by molar-refractivity contribution is 7.13. The molecule has 1 saturated carbocycles. The minimum atomic E-state index is 0.738. The first-order chi connectivity index (χ1) is 9.81.